The van der Waals surface area contributed by atoms with E-state index in [0.717, 1.165) is 39.9 Å². The van der Waals surface area contributed by atoms with Gasteiger partial charge >= 0.3 is 23.9 Å². The number of esters is 4. The van der Waals surface area contributed by atoms with Crippen molar-refractivity contribution >= 4 is 23.9 Å². The largest absolute Gasteiger partial charge is 0.469 e. The number of carbonyl (C=O) groups excluding carboxylic acids is 4. The quantitative estimate of drug-likeness (QED) is 0.427. The maximum Gasteiger partial charge on any atom is 0.360 e. The van der Waals surface area contributed by atoms with Crippen molar-refractivity contribution in [1.29, 1.82) is 0 Å². The van der Waals surface area contributed by atoms with E-state index in [1.165, 1.54) is 0 Å². The average molecular weight is 414 g/mol. The molecule has 2 aliphatic rings. The topological polar surface area (TPSA) is 153 Å². The molecule has 2 aliphatic heterocycles. The fourth-order valence-electron chi connectivity index (χ4n) is 3.45. The molecule has 1 aromatic rings. The Morgan fingerprint density at radius 3 is 2.07 bits per heavy atom. The highest BCUT2D eigenvalue weighted by Gasteiger charge is 2.64. The second-order valence-electron chi connectivity index (χ2n) is 6.06. The zero-order chi connectivity index (χ0) is 21.3. The van der Waals surface area contributed by atoms with E-state index in [1.54, 1.807) is 0 Å². The monoisotopic (exact) mass is 414 g/mol. The molecule has 2 fully saturated rings. The van der Waals surface area contributed by atoms with E-state index in [-0.39, 0.29) is 11.3 Å². The van der Waals surface area contributed by atoms with Gasteiger partial charge in [-0.1, -0.05) is 10.4 Å². The van der Waals surface area contributed by atoms with Crippen LogP contribution in [0.25, 0.3) is 0 Å². The first-order valence-electron chi connectivity index (χ1n) is 8.28. The fourth-order valence-corrected chi connectivity index (χ4v) is 3.45. The lowest BCUT2D eigenvalue weighted by atomic mass is 9.79. The van der Waals surface area contributed by atoms with Crippen molar-refractivity contribution in [3.05, 3.63) is 17.5 Å². The average Bonchev–Trinajstić information content (AvgIpc) is 3.44. The van der Waals surface area contributed by atoms with Gasteiger partial charge in [0, 0.05) is 5.56 Å². The first-order valence-corrected chi connectivity index (χ1v) is 8.28. The molecule has 0 amide bonds. The van der Waals surface area contributed by atoms with Crippen molar-refractivity contribution in [2.75, 3.05) is 28.4 Å². The van der Waals surface area contributed by atoms with Crippen molar-refractivity contribution in [2.45, 2.75) is 24.2 Å². The first-order chi connectivity index (χ1) is 13.9. The summed E-state index contributed by atoms with van der Waals surface area (Å²) in [4.78, 5) is 59.9. The smallest absolute Gasteiger partial charge is 0.360 e. The molecular formula is C16H18N2O11. The summed E-state index contributed by atoms with van der Waals surface area (Å²) < 4.78 is 23.8. The Labute approximate surface area is 163 Å². The van der Waals surface area contributed by atoms with Crippen LogP contribution in [0.15, 0.2) is 10.8 Å². The molecule has 13 nitrogen and oxygen atoms in total. The standard InChI is InChI=1S/C16H18N2O11/c1-23-13(19)8-10-7(6-5-27-17-9(6)14(20)24-2)11(15(21)25-3)28-18(10)29-12(8)16(22)26-4/h5,7-8,10-12H,1-4H3/t7-,8+,10+,11+,12-/m0/s1. The number of fused-ring (bicyclic) bond motifs is 1. The molecule has 0 spiro atoms. The molecule has 3 heterocycles. The third-order valence-corrected chi connectivity index (χ3v) is 4.74. The Kier molecular flexibility index (Phi) is 5.81. The number of hydrogen-bond donors (Lipinski definition) is 0. The second-order valence-corrected chi connectivity index (χ2v) is 6.06. The van der Waals surface area contributed by atoms with E-state index in [2.05, 4.69) is 14.6 Å². The number of aromatic nitrogens is 1. The Bertz CT molecular complexity index is 822. The zero-order valence-corrected chi connectivity index (χ0v) is 15.8. The van der Waals surface area contributed by atoms with Crippen molar-refractivity contribution in [3.63, 3.8) is 0 Å². The van der Waals surface area contributed by atoms with Gasteiger partial charge < -0.3 is 23.5 Å². The third-order valence-electron chi connectivity index (χ3n) is 4.74. The van der Waals surface area contributed by atoms with Crippen LogP contribution >= 0.6 is 0 Å². The molecule has 3 rings (SSSR count). The molecule has 0 N–H and O–H groups in total. The van der Waals surface area contributed by atoms with E-state index < -0.39 is 54.0 Å². The molecule has 158 valence electrons. The van der Waals surface area contributed by atoms with Crippen LogP contribution in [0, 0.1) is 5.92 Å². The van der Waals surface area contributed by atoms with E-state index in [1.807, 2.05) is 0 Å². The van der Waals surface area contributed by atoms with Gasteiger partial charge in [-0.2, -0.15) is 0 Å². The van der Waals surface area contributed by atoms with Crippen LogP contribution in [0.4, 0.5) is 0 Å². The molecule has 5 atom stereocenters. The van der Waals surface area contributed by atoms with Gasteiger partial charge in [0.15, 0.2) is 17.9 Å². The van der Waals surface area contributed by atoms with E-state index >= 15 is 0 Å². The maximum absolute atomic E-state index is 12.5. The van der Waals surface area contributed by atoms with Gasteiger partial charge in [0.1, 0.15) is 12.2 Å². The minimum absolute atomic E-state index is 0.0998. The third kappa shape index (κ3) is 3.32. The molecule has 0 saturated carbocycles. The predicted octanol–water partition coefficient (Wildman–Crippen LogP) is -1.02. The number of carbonyl (C=O) groups is 4. The molecule has 0 aromatic carbocycles. The van der Waals surface area contributed by atoms with Crippen molar-refractivity contribution in [3.8, 4) is 0 Å². The molecule has 0 aliphatic carbocycles. The summed E-state index contributed by atoms with van der Waals surface area (Å²) in [6, 6.07) is -1.07. The number of ether oxygens (including phenoxy) is 4. The second kappa shape index (κ2) is 8.14. The minimum atomic E-state index is -1.40. The molecular weight excluding hydrogens is 396 g/mol. The van der Waals surface area contributed by atoms with Gasteiger partial charge in [-0.05, 0) is 0 Å². The number of nitrogens with zero attached hydrogens (tertiary/aromatic N) is 2. The SMILES string of the molecule is COC(=O)c1nocc1[C@H]1[C@@H]2[C@@H](C(=O)OC)[C@@H](C(=O)OC)ON2O[C@H]1C(=O)OC. The summed E-state index contributed by atoms with van der Waals surface area (Å²) in [6.07, 6.45) is -1.63. The summed E-state index contributed by atoms with van der Waals surface area (Å²) >= 11 is 0. The highest BCUT2D eigenvalue weighted by Crippen LogP contribution is 2.47. The Balaban J connectivity index is 2.10. The van der Waals surface area contributed by atoms with Crippen LogP contribution in [-0.2, 0) is 43.0 Å². The molecule has 1 aromatic heterocycles. The van der Waals surface area contributed by atoms with Gasteiger partial charge in [-0.15, -0.1) is 0 Å². The van der Waals surface area contributed by atoms with Gasteiger partial charge in [-0.3, -0.25) is 14.5 Å². The van der Waals surface area contributed by atoms with Gasteiger partial charge in [0.05, 0.1) is 40.4 Å². The summed E-state index contributed by atoms with van der Waals surface area (Å²) in [5, 5.41) is 4.44. The van der Waals surface area contributed by atoms with E-state index in [0.29, 0.717) is 0 Å². The Morgan fingerprint density at radius 2 is 1.48 bits per heavy atom. The molecule has 13 heteroatoms. The number of hydrogen-bond acceptors (Lipinski definition) is 13. The highest BCUT2D eigenvalue weighted by molar-refractivity contribution is 5.90. The highest BCUT2D eigenvalue weighted by atomic mass is 17.0. The molecule has 29 heavy (non-hydrogen) atoms. The fraction of sp³-hybridized carbons (Fsp3) is 0.562. The van der Waals surface area contributed by atoms with Crippen LogP contribution in [0.5, 0.6) is 0 Å². The van der Waals surface area contributed by atoms with Crippen LogP contribution < -0.4 is 0 Å². The lowest BCUT2D eigenvalue weighted by Gasteiger charge is -2.23. The molecule has 2 saturated heterocycles. The zero-order valence-electron chi connectivity index (χ0n) is 15.8. The summed E-state index contributed by atoms with van der Waals surface area (Å²) in [6.45, 7) is 0. The Morgan fingerprint density at radius 1 is 0.897 bits per heavy atom. The van der Waals surface area contributed by atoms with Crippen molar-refractivity contribution in [2.24, 2.45) is 5.92 Å². The lowest BCUT2D eigenvalue weighted by molar-refractivity contribution is -0.350. The van der Waals surface area contributed by atoms with Gasteiger partial charge in [0.25, 0.3) is 0 Å². The van der Waals surface area contributed by atoms with Crippen LogP contribution in [0.1, 0.15) is 22.0 Å². The summed E-state index contributed by atoms with van der Waals surface area (Å²) in [7, 11) is 4.52. The lowest BCUT2D eigenvalue weighted by Crippen LogP contribution is -2.42. The van der Waals surface area contributed by atoms with E-state index in [9.17, 15) is 19.2 Å². The van der Waals surface area contributed by atoms with Crippen LogP contribution in [0.2, 0.25) is 0 Å². The maximum atomic E-state index is 12.5. The predicted molar refractivity (Wildman–Crippen MR) is 85.5 cm³/mol. The van der Waals surface area contributed by atoms with Crippen molar-refractivity contribution in [1.82, 2.24) is 10.4 Å². The molecule has 0 bridgehead atoms. The number of methoxy groups -OCH3 is 4. The molecule has 0 unspecified atom stereocenters. The van der Waals surface area contributed by atoms with Crippen LogP contribution in [-0.4, -0.2) is 80.9 Å². The van der Waals surface area contributed by atoms with Crippen LogP contribution in [0.3, 0.4) is 0 Å². The normalized spacial score (nSPS) is 28.5. The van der Waals surface area contributed by atoms with Gasteiger partial charge in [-0.25, -0.2) is 14.4 Å². The number of hydroxylamine groups is 2. The van der Waals surface area contributed by atoms with Gasteiger partial charge in [0.2, 0.25) is 0 Å². The Hall–Kier alpha value is -3.03. The van der Waals surface area contributed by atoms with Crippen molar-refractivity contribution < 1.29 is 52.3 Å². The minimum Gasteiger partial charge on any atom is -0.469 e. The summed E-state index contributed by atoms with van der Waals surface area (Å²) in [5.41, 5.74) is -0.134. The summed E-state index contributed by atoms with van der Waals surface area (Å²) in [5.74, 6) is -5.64. The van der Waals surface area contributed by atoms with E-state index in [4.69, 9.17) is 23.7 Å². The molecule has 0 radical (unpaired) electrons. The number of rotatable bonds is 5. The first kappa shape index (κ1) is 20.7.